The van der Waals surface area contributed by atoms with E-state index in [0.717, 1.165) is 6.42 Å². The minimum atomic E-state index is -0.455. The van der Waals surface area contributed by atoms with Crippen LogP contribution in [0.15, 0.2) is 109 Å². The third kappa shape index (κ3) is 11.2. The average Bonchev–Trinajstić information content (AvgIpc) is 3.71. The van der Waals surface area contributed by atoms with Crippen LogP contribution in [0.5, 0.6) is 0 Å². The van der Waals surface area contributed by atoms with Crippen molar-refractivity contribution in [3.63, 3.8) is 0 Å². The molecule has 0 spiro atoms. The first-order valence-corrected chi connectivity index (χ1v) is 22.6. The zero-order chi connectivity index (χ0) is 35.5. The molecule has 0 N–H and O–H groups in total. The van der Waals surface area contributed by atoms with Crippen molar-refractivity contribution in [1.29, 1.82) is 0 Å². The van der Waals surface area contributed by atoms with Gasteiger partial charge in [-0.05, 0) is 21.7 Å². The standard InChI is InChI=1S/C29H41.C12H10Si.C5H5.2ClH.Zr/c1-26(2,3)22-14-18-13-19-15-23(27(4,5)6)25(29(10,11)12)17-21(19)20(18)16-24(22)28(7,8)9;1-3-7-11(8-4-1)13-12-9-5-2-6-10-12;1-2-4-5-3-1;;;/h13-17H,1-12H3;1-10H;1-3H,4H2;2*1H;/q-1;;-1;;;+2. The summed E-state index contributed by atoms with van der Waals surface area (Å²) in [6.45, 7) is 28.0. The summed E-state index contributed by atoms with van der Waals surface area (Å²) in [7, 11) is 0. The Morgan fingerprint density at radius 3 is 1.14 bits per heavy atom. The Morgan fingerprint density at radius 1 is 0.540 bits per heavy atom. The molecule has 0 saturated heterocycles. The van der Waals surface area contributed by atoms with Gasteiger partial charge in [-0.1, -0.05) is 117 Å². The second-order valence-electron chi connectivity index (χ2n) is 17.2. The molecule has 0 atom stereocenters. The number of hydrogen-bond acceptors (Lipinski definition) is 0. The number of hydrogen-bond donors (Lipinski definition) is 0. The normalized spacial score (nSPS) is 12.8. The molecule has 0 radical (unpaired) electrons. The number of benzene rings is 4. The summed E-state index contributed by atoms with van der Waals surface area (Å²) in [6.07, 6.45) is 10.0. The molecule has 0 nitrogen and oxygen atoms in total. The van der Waals surface area contributed by atoms with Crippen LogP contribution in [0, 0.1) is 6.08 Å². The van der Waals surface area contributed by atoms with Crippen molar-refractivity contribution in [2.24, 2.45) is 0 Å². The SMILES string of the molecule is CC(C)(C)c1cc2[cH-]c3cc(C(C)(C)C)c(C(C)(C)C)cc3c2cc1C(C)(C)C.Cl.Cl.[C-]1=CC=CC1.[Zr+2]=[Si](c1ccccc1)c1ccccc1. The Kier molecular flexibility index (Phi) is 15.5. The van der Waals surface area contributed by atoms with Crippen molar-refractivity contribution in [2.75, 3.05) is 0 Å². The summed E-state index contributed by atoms with van der Waals surface area (Å²) in [5, 5.41) is 8.60. The molecule has 1 aliphatic carbocycles. The van der Waals surface area contributed by atoms with Crippen molar-refractivity contribution < 1.29 is 23.3 Å². The summed E-state index contributed by atoms with van der Waals surface area (Å²) >= 11 is 1.64. The fraction of sp³-hybridized carbons (Fsp3) is 0.370. The van der Waals surface area contributed by atoms with Crippen LogP contribution in [0.25, 0.3) is 21.5 Å². The van der Waals surface area contributed by atoms with Gasteiger partial charge in [0.05, 0.1) is 0 Å². The van der Waals surface area contributed by atoms with Crippen molar-refractivity contribution in [3.05, 3.63) is 138 Å². The summed E-state index contributed by atoms with van der Waals surface area (Å²) in [5.41, 5.74) is 5.95. The van der Waals surface area contributed by atoms with E-state index in [2.05, 4.69) is 186 Å². The van der Waals surface area contributed by atoms with Gasteiger partial charge >= 0.3 is 99.8 Å². The number of rotatable bonds is 2. The Labute approximate surface area is 331 Å². The second kappa shape index (κ2) is 17.6. The van der Waals surface area contributed by atoms with Gasteiger partial charge in [-0.15, -0.1) is 71.0 Å². The van der Waals surface area contributed by atoms with Gasteiger partial charge in [-0.2, -0.15) is 6.08 Å². The van der Waals surface area contributed by atoms with Crippen LogP contribution in [-0.2, 0) is 45.0 Å². The maximum absolute atomic E-state index is 2.99. The van der Waals surface area contributed by atoms with Crippen LogP contribution < -0.4 is 10.4 Å². The predicted octanol–water partition coefficient (Wildman–Crippen LogP) is 12.4. The Morgan fingerprint density at radius 2 is 0.880 bits per heavy atom. The van der Waals surface area contributed by atoms with Crippen LogP contribution in [0.1, 0.15) is 112 Å². The van der Waals surface area contributed by atoms with Gasteiger partial charge in [-0.25, -0.2) is 12.2 Å². The summed E-state index contributed by atoms with van der Waals surface area (Å²) in [6, 6.07) is 34.0. The first-order valence-electron chi connectivity index (χ1n) is 17.4. The van der Waals surface area contributed by atoms with Gasteiger partial charge in [0.25, 0.3) is 0 Å². The van der Waals surface area contributed by atoms with Gasteiger partial charge in [0.2, 0.25) is 0 Å². The fourth-order valence-corrected chi connectivity index (χ4v) is 10.1. The van der Waals surface area contributed by atoms with E-state index >= 15 is 0 Å². The molecule has 0 heterocycles. The molecule has 5 aromatic carbocycles. The molecule has 0 fully saturated rings. The third-order valence-electron chi connectivity index (χ3n) is 8.92. The molecule has 0 unspecified atom stereocenters. The molecular formula is C46H58Cl2SiZr. The van der Waals surface area contributed by atoms with Gasteiger partial charge < -0.3 is 0 Å². The molecular weight excluding hydrogens is 743 g/mol. The van der Waals surface area contributed by atoms with E-state index in [0.29, 0.717) is 0 Å². The average molecular weight is 801 g/mol. The zero-order valence-corrected chi connectivity index (χ0v) is 37.5. The van der Waals surface area contributed by atoms with Gasteiger partial charge in [0.1, 0.15) is 0 Å². The van der Waals surface area contributed by atoms with Crippen LogP contribution in [0.3, 0.4) is 0 Å². The quantitative estimate of drug-likeness (QED) is 0.123. The van der Waals surface area contributed by atoms with Gasteiger partial charge in [0.15, 0.2) is 0 Å². The number of allylic oxidation sites excluding steroid dienone is 4. The first-order chi connectivity index (χ1) is 22.3. The van der Waals surface area contributed by atoms with E-state index in [4.69, 9.17) is 0 Å². The number of fused-ring (bicyclic) bond motifs is 3. The van der Waals surface area contributed by atoms with Crippen molar-refractivity contribution in [2.45, 2.75) is 111 Å². The van der Waals surface area contributed by atoms with Crippen LogP contribution in [0.2, 0.25) is 0 Å². The van der Waals surface area contributed by atoms with Crippen molar-refractivity contribution in [3.8, 4) is 0 Å². The number of halogens is 2. The van der Waals surface area contributed by atoms with E-state index < -0.39 is 5.43 Å². The van der Waals surface area contributed by atoms with Gasteiger partial charge in [-0.3, -0.25) is 6.08 Å². The summed E-state index contributed by atoms with van der Waals surface area (Å²) in [5.74, 6) is 0. The summed E-state index contributed by atoms with van der Waals surface area (Å²) < 4.78 is 0. The van der Waals surface area contributed by atoms with Crippen LogP contribution in [-0.4, -0.2) is 5.43 Å². The maximum atomic E-state index is 2.99. The molecule has 0 saturated carbocycles. The van der Waals surface area contributed by atoms with E-state index in [1.807, 2.05) is 12.2 Å². The van der Waals surface area contributed by atoms with E-state index in [1.165, 1.54) is 54.2 Å². The van der Waals surface area contributed by atoms with E-state index in [1.54, 1.807) is 23.3 Å². The molecule has 0 bridgehead atoms. The molecule has 1 aliphatic rings. The van der Waals surface area contributed by atoms with Crippen molar-refractivity contribution >= 4 is 62.2 Å². The first kappa shape index (κ1) is 44.1. The minimum absolute atomic E-state index is 0. The monoisotopic (exact) mass is 798 g/mol. The third-order valence-corrected chi connectivity index (χ3v) is 15.0. The molecule has 0 aliphatic heterocycles. The molecule has 0 amide bonds. The second-order valence-corrected chi connectivity index (χ2v) is 22.8. The molecule has 264 valence electrons. The van der Waals surface area contributed by atoms with Crippen LogP contribution in [0.4, 0.5) is 0 Å². The summed E-state index contributed by atoms with van der Waals surface area (Å²) in [4.78, 5) is 0. The molecule has 5 aromatic rings. The zero-order valence-electron chi connectivity index (χ0n) is 32.4. The molecule has 0 aromatic heterocycles. The predicted molar refractivity (Wildman–Crippen MR) is 226 cm³/mol. The molecule has 4 heteroatoms. The van der Waals surface area contributed by atoms with E-state index in [-0.39, 0.29) is 46.5 Å². The Balaban J connectivity index is 0.000000341. The van der Waals surface area contributed by atoms with Gasteiger partial charge in [0, 0.05) is 0 Å². The molecule has 50 heavy (non-hydrogen) atoms. The topological polar surface area (TPSA) is 0 Å². The Hall–Kier alpha value is -2.09. The molecule has 6 rings (SSSR count). The van der Waals surface area contributed by atoms with Crippen LogP contribution >= 0.6 is 24.8 Å². The van der Waals surface area contributed by atoms with E-state index in [9.17, 15) is 0 Å². The fourth-order valence-electron chi connectivity index (χ4n) is 6.30. The van der Waals surface area contributed by atoms with Crippen molar-refractivity contribution in [1.82, 2.24) is 0 Å². The Bertz CT molecular complexity index is 1780.